The third-order valence-electron chi connectivity index (χ3n) is 5.96. The number of nitrogens with one attached hydrogen (secondary N) is 1. The van der Waals surface area contributed by atoms with E-state index in [1.165, 1.54) is 5.01 Å². The molecule has 2 aliphatic rings. The third kappa shape index (κ3) is 4.64. The quantitative estimate of drug-likeness (QED) is 0.471. The third-order valence-corrected chi connectivity index (χ3v) is 6.22. The van der Waals surface area contributed by atoms with Crippen LogP contribution in [-0.4, -0.2) is 36.2 Å². The Morgan fingerprint density at radius 2 is 1.83 bits per heavy atom. The van der Waals surface area contributed by atoms with Crippen LogP contribution in [0.2, 0.25) is 5.02 Å². The first-order valence-corrected chi connectivity index (χ1v) is 11.7. The lowest BCUT2D eigenvalue weighted by atomic mass is 9.90. The van der Waals surface area contributed by atoms with Gasteiger partial charge >= 0.3 is 6.03 Å². The first kappa shape index (κ1) is 23.1. The summed E-state index contributed by atoms with van der Waals surface area (Å²) in [6.45, 7) is 6.06. The molecule has 0 spiro atoms. The largest absolute Gasteiger partial charge is 0.493 e. The van der Waals surface area contributed by atoms with Gasteiger partial charge in [-0.2, -0.15) is 5.10 Å². The molecule has 1 atom stereocenters. The number of carbonyl (C=O) groups excluding carboxylic acids is 1. The molecular formula is C27H26ClN3O4. The van der Waals surface area contributed by atoms with Gasteiger partial charge in [0.2, 0.25) is 11.5 Å². The highest BCUT2D eigenvalue weighted by Gasteiger charge is 2.36. The minimum Gasteiger partial charge on any atom is -0.493 e. The van der Waals surface area contributed by atoms with Gasteiger partial charge in [0, 0.05) is 36.9 Å². The number of methoxy groups -OCH3 is 1. The Balaban J connectivity index is 1.43. The number of urea groups is 1. The van der Waals surface area contributed by atoms with E-state index < -0.39 is 5.79 Å². The second-order valence-corrected chi connectivity index (χ2v) is 9.51. The van der Waals surface area contributed by atoms with Gasteiger partial charge in [-0.3, -0.25) is 0 Å². The fraction of sp³-hybridized carbons (Fsp3) is 0.259. The zero-order valence-electron chi connectivity index (χ0n) is 20.0. The lowest BCUT2D eigenvalue weighted by Gasteiger charge is -2.16. The maximum atomic E-state index is 13.3. The first-order chi connectivity index (χ1) is 16.7. The van der Waals surface area contributed by atoms with E-state index in [9.17, 15) is 4.79 Å². The fourth-order valence-corrected chi connectivity index (χ4v) is 4.39. The number of anilines is 1. The molecule has 0 saturated carbocycles. The second kappa shape index (κ2) is 8.82. The van der Waals surface area contributed by atoms with Crippen LogP contribution in [0, 0.1) is 6.92 Å². The van der Waals surface area contributed by atoms with Crippen LogP contribution in [0.1, 0.15) is 36.5 Å². The first-order valence-electron chi connectivity index (χ1n) is 11.3. The molecule has 0 fully saturated rings. The number of carbonyl (C=O) groups is 1. The molecule has 5 rings (SSSR count). The molecule has 3 aromatic rings. The zero-order chi connectivity index (χ0) is 24.7. The number of aryl methyl sites for hydroxylation is 1. The molecule has 0 saturated heterocycles. The van der Waals surface area contributed by atoms with Crippen molar-refractivity contribution in [3.63, 3.8) is 0 Å². The lowest BCUT2D eigenvalue weighted by Crippen LogP contribution is -2.30. The average Bonchev–Trinajstić information content (AvgIpc) is 3.40. The summed E-state index contributed by atoms with van der Waals surface area (Å²) in [4.78, 5) is 13.3. The topological polar surface area (TPSA) is 72.4 Å². The Bertz CT molecular complexity index is 1300. The van der Waals surface area contributed by atoms with Crippen LogP contribution in [0.5, 0.6) is 17.2 Å². The van der Waals surface area contributed by atoms with Crippen molar-refractivity contribution in [3.8, 4) is 17.2 Å². The van der Waals surface area contributed by atoms with E-state index in [-0.39, 0.29) is 11.9 Å². The summed E-state index contributed by atoms with van der Waals surface area (Å²) < 4.78 is 17.1. The molecule has 1 N–H and O–H groups in total. The second-order valence-electron chi connectivity index (χ2n) is 9.08. The van der Waals surface area contributed by atoms with Gasteiger partial charge in [0.1, 0.15) is 0 Å². The lowest BCUT2D eigenvalue weighted by molar-refractivity contribution is -0.0439. The van der Waals surface area contributed by atoms with Crippen LogP contribution in [0.15, 0.2) is 65.8 Å². The zero-order valence-corrected chi connectivity index (χ0v) is 20.7. The van der Waals surface area contributed by atoms with Crippen LogP contribution in [0.4, 0.5) is 10.5 Å². The van der Waals surface area contributed by atoms with Crippen LogP contribution in [0.25, 0.3) is 0 Å². The number of hydrogen-bond acceptors (Lipinski definition) is 5. The Labute approximate surface area is 209 Å². The van der Waals surface area contributed by atoms with Crippen molar-refractivity contribution in [1.82, 2.24) is 5.01 Å². The van der Waals surface area contributed by atoms with E-state index in [0.29, 0.717) is 34.5 Å². The molecule has 0 bridgehead atoms. The maximum absolute atomic E-state index is 13.3. The van der Waals surface area contributed by atoms with E-state index in [2.05, 4.69) is 5.32 Å². The van der Waals surface area contributed by atoms with E-state index >= 15 is 0 Å². The molecule has 2 amide bonds. The molecule has 180 valence electrons. The van der Waals surface area contributed by atoms with E-state index in [1.807, 2.05) is 69.3 Å². The molecule has 0 aliphatic carbocycles. The highest BCUT2D eigenvalue weighted by atomic mass is 35.5. The monoisotopic (exact) mass is 491 g/mol. The Kier molecular flexibility index (Phi) is 5.81. The van der Waals surface area contributed by atoms with Crippen molar-refractivity contribution in [2.75, 3.05) is 19.0 Å². The summed E-state index contributed by atoms with van der Waals surface area (Å²) in [6, 6.07) is 18.9. The molecular weight excluding hydrogens is 466 g/mol. The van der Waals surface area contributed by atoms with Gasteiger partial charge in [0.15, 0.2) is 11.5 Å². The smallest absolute Gasteiger partial charge is 0.342 e. The van der Waals surface area contributed by atoms with Gasteiger partial charge in [-0.05, 0) is 30.2 Å². The predicted molar refractivity (Wildman–Crippen MR) is 136 cm³/mol. The van der Waals surface area contributed by atoms with Crippen LogP contribution < -0.4 is 19.5 Å². The number of rotatable bonds is 4. The summed E-state index contributed by atoms with van der Waals surface area (Å²) in [7, 11) is 1.55. The SMILES string of the molecule is COc1cc(NC(=O)N2CC(c3ccc(Cl)cc3)C(c3ccc(C)cc3)=N2)cc2c1OC(C)(C)O2. The Morgan fingerprint density at radius 1 is 1.11 bits per heavy atom. The highest BCUT2D eigenvalue weighted by molar-refractivity contribution is 6.30. The van der Waals surface area contributed by atoms with Gasteiger partial charge in [-0.25, -0.2) is 9.80 Å². The molecule has 0 aromatic heterocycles. The van der Waals surface area contributed by atoms with Gasteiger partial charge < -0.3 is 19.5 Å². The standard InChI is InChI=1S/C27H26ClN3O4/c1-16-5-7-18(8-6-16)24-21(17-9-11-19(28)12-10-17)15-31(30-24)26(32)29-20-13-22(33-4)25-23(14-20)34-27(2,3)35-25/h5-14,21H,15H2,1-4H3,(H,29,32). The summed E-state index contributed by atoms with van der Waals surface area (Å²) in [5, 5.41) is 9.76. The van der Waals surface area contributed by atoms with Gasteiger partial charge in [-0.15, -0.1) is 0 Å². The average molecular weight is 492 g/mol. The maximum Gasteiger partial charge on any atom is 0.342 e. The highest BCUT2D eigenvalue weighted by Crippen LogP contribution is 2.47. The van der Waals surface area contributed by atoms with E-state index in [1.54, 1.807) is 19.2 Å². The Hall–Kier alpha value is -3.71. The van der Waals surface area contributed by atoms with Crippen molar-refractivity contribution < 1.29 is 19.0 Å². The normalized spacial score (nSPS) is 17.8. The fourth-order valence-electron chi connectivity index (χ4n) is 4.27. The summed E-state index contributed by atoms with van der Waals surface area (Å²) in [5.41, 5.74) is 4.51. The predicted octanol–water partition coefficient (Wildman–Crippen LogP) is 6.20. The van der Waals surface area contributed by atoms with Gasteiger partial charge in [-0.1, -0.05) is 53.6 Å². The molecule has 2 heterocycles. The van der Waals surface area contributed by atoms with E-state index in [0.717, 1.165) is 22.4 Å². The number of fused-ring (bicyclic) bond motifs is 1. The van der Waals surface area contributed by atoms with Crippen molar-refractivity contribution in [3.05, 3.63) is 82.4 Å². The molecule has 8 heteroatoms. The summed E-state index contributed by atoms with van der Waals surface area (Å²) in [6.07, 6.45) is 0. The summed E-state index contributed by atoms with van der Waals surface area (Å²) >= 11 is 6.11. The van der Waals surface area contributed by atoms with Crippen LogP contribution in [-0.2, 0) is 0 Å². The van der Waals surface area contributed by atoms with Crippen LogP contribution in [0.3, 0.4) is 0 Å². The molecule has 35 heavy (non-hydrogen) atoms. The molecule has 0 radical (unpaired) electrons. The molecule has 7 nitrogen and oxygen atoms in total. The van der Waals surface area contributed by atoms with Gasteiger partial charge in [0.25, 0.3) is 0 Å². The number of amides is 2. The minimum atomic E-state index is -0.813. The van der Waals surface area contributed by atoms with Gasteiger partial charge in [0.05, 0.1) is 25.1 Å². The van der Waals surface area contributed by atoms with Crippen molar-refractivity contribution in [1.29, 1.82) is 0 Å². The van der Waals surface area contributed by atoms with Crippen molar-refractivity contribution in [2.24, 2.45) is 5.10 Å². The number of benzene rings is 3. The summed E-state index contributed by atoms with van der Waals surface area (Å²) in [5.74, 6) is 0.597. The number of ether oxygens (including phenoxy) is 3. The van der Waals surface area contributed by atoms with Crippen LogP contribution >= 0.6 is 11.6 Å². The van der Waals surface area contributed by atoms with Crippen molar-refractivity contribution in [2.45, 2.75) is 32.5 Å². The number of hydrogen-bond donors (Lipinski definition) is 1. The minimum absolute atomic E-state index is 0.0900. The number of halogens is 1. The number of nitrogens with zero attached hydrogens (tertiary/aromatic N) is 2. The molecule has 1 unspecified atom stereocenters. The van der Waals surface area contributed by atoms with Crippen molar-refractivity contribution >= 4 is 29.0 Å². The number of hydrazone groups is 1. The van der Waals surface area contributed by atoms with E-state index in [4.69, 9.17) is 30.9 Å². The Morgan fingerprint density at radius 3 is 2.51 bits per heavy atom. The molecule has 2 aliphatic heterocycles. The molecule has 3 aromatic carbocycles.